The van der Waals surface area contributed by atoms with Gasteiger partial charge in [-0.05, 0) is 6.42 Å². The summed E-state index contributed by atoms with van der Waals surface area (Å²) in [5.41, 5.74) is 0. The van der Waals surface area contributed by atoms with Crippen molar-refractivity contribution in [3.63, 3.8) is 0 Å². The molecule has 0 saturated carbocycles. The van der Waals surface area contributed by atoms with Crippen LogP contribution in [0, 0.1) is 0 Å². The predicted octanol–water partition coefficient (Wildman–Crippen LogP) is -1.84. The number of hydrogen-bond acceptors (Lipinski definition) is 5. The Balaban J connectivity index is 2.25. The van der Waals surface area contributed by atoms with E-state index in [0.717, 1.165) is 0 Å². The van der Waals surface area contributed by atoms with Crippen LogP contribution >= 0.6 is 0 Å². The first kappa shape index (κ1) is 10.9. The number of rotatable bonds is 4. The second-order valence-corrected chi connectivity index (χ2v) is 3.13. The smallest absolute Gasteiger partial charge is 0.328 e. The van der Waals surface area contributed by atoms with Gasteiger partial charge in [-0.1, -0.05) is 0 Å². The zero-order valence-corrected chi connectivity index (χ0v) is 7.60. The second-order valence-electron chi connectivity index (χ2n) is 3.13. The van der Waals surface area contributed by atoms with Crippen molar-refractivity contribution in [3.8, 4) is 0 Å². The third-order valence-corrected chi connectivity index (χ3v) is 1.91. The van der Waals surface area contributed by atoms with E-state index in [4.69, 9.17) is 10.2 Å². The highest BCUT2D eigenvalue weighted by atomic mass is 16.5. The van der Waals surface area contributed by atoms with Gasteiger partial charge in [-0.15, -0.1) is 0 Å². The molecule has 0 bridgehead atoms. The van der Waals surface area contributed by atoms with Crippen LogP contribution in [0.25, 0.3) is 0 Å². The van der Waals surface area contributed by atoms with Crippen LogP contribution in [0.3, 0.4) is 0 Å². The number of nitrogens with one attached hydrogen (secondary N) is 1. The van der Waals surface area contributed by atoms with Gasteiger partial charge in [0.1, 0.15) is 18.8 Å². The molecule has 0 aromatic rings. The Morgan fingerprint density at radius 2 is 2.43 bits per heavy atom. The normalized spacial score (nSPS) is 23.0. The molecule has 1 amide bonds. The molecular weight excluding hydrogens is 190 g/mol. The van der Waals surface area contributed by atoms with Crippen molar-refractivity contribution in [3.05, 3.63) is 0 Å². The number of amides is 1. The molecule has 80 valence electrons. The fourth-order valence-electron chi connectivity index (χ4n) is 1.12. The van der Waals surface area contributed by atoms with Crippen molar-refractivity contribution in [2.24, 2.45) is 0 Å². The van der Waals surface area contributed by atoms with Crippen molar-refractivity contribution >= 4 is 11.9 Å². The minimum Gasteiger partial charge on any atom is -0.461 e. The van der Waals surface area contributed by atoms with E-state index in [1.165, 1.54) is 0 Å². The van der Waals surface area contributed by atoms with Crippen LogP contribution in [0.1, 0.15) is 12.8 Å². The van der Waals surface area contributed by atoms with Gasteiger partial charge in [0.2, 0.25) is 5.91 Å². The van der Waals surface area contributed by atoms with E-state index in [1.54, 1.807) is 0 Å². The van der Waals surface area contributed by atoms with Crippen LogP contribution in [-0.4, -0.2) is 47.4 Å². The average Bonchev–Trinajstić information content (AvgIpc) is 2.60. The molecule has 1 aliphatic rings. The molecule has 3 N–H and O–H groups in total. The Morgan fingerprint density at radius 3 is 2.93 bits per heavy atom. The van der Waals surface area contributed by atoms with Crippen molar-refractivity contribution in [1.82, 2.24) is 5.32 Å². The number of carbonyl (C=O) groups is 2. The quantitative estimate of drug-likeness (QED) is 0.467. The van der Waals surface area contributed by atoms with Crippen LogP contribution in [-0.2, 0) is 14.3 Å². The molecule has 14 heavy (non-hydrogen) atoms. The van der Waals surface area contributed by atoms with Crippen molar-refractivity contribution in [2.45, 2.75) is 25.0 Å². The number of hydrogen-bond donors (Lipinski definition) is 3. The number of carbonyl (C=O) groups excluding carboxylic acids is 2. The van der Waals surface area contributed by atoms with Crippen molar-refractivity contribution in [2.75, 3.05) is 13.2 Å². The summed E-state index contributed by atoms with van der Waals surface area (Å²) in [5, 5.41) is 19.8. The van der Waals surface area contributed by atoms with Crippen LogP contribution in [0.4, 0.5) is 0 Å². The molecule has 1 unspecified atom stereocenters. The standard InChI is InChI=1S/C8H13NO5/c10-3-5(11)4-14-8(13)6-1-2-7(12)9-6/h5-6,10-11H,1-4H2,(H,9,12)/t5?,6-/m0/s1. The Kier molecular flexibility index (Phi) is 3.84. The van der Waals surface area contributed by atoms with E-state index in [1.807, 2.05) is 0 Å². The molecule has 1 rings (SSSR count). The molecule has 1 aliphatic heterocycles. The number of aliphatic hydroxyl groups is 2. The Bertz CT molecular complexity index is 230. The fraction of sp³-hybridized carbons (Fsp3) is 0.750. The first-order chi connectivity index (χ1) is 6.63. The van der Waals surface area contributed by atoms with Gasteiger partial charge in [0, 0.05) is 6.42 Å². The van der Waals surface area contributed by atoms with E-state index in [0.29, 0.717) is 12.8 Å². The van der Waals surface area contributed by atoms with Gasteiger partial charge < -0.3 is 20.3 Å². The minimum atomic E-state index is -1.06. The van der Waals surface area contributed by atoms with Gasteiger partial charge in [0.15, 0.2) is 0 Å². The Hall–Kier alpha value is -1.14. The number of aliphatic hydroxyl groups excluding tert-OH is 2. The van der Waals surface area contributed by atoms with Gasteiger partial charge in [-0.2, -0.15) is 0 Å². The Labute approximate surface area is 80.9 Å². The van der Waals surface area contributed by atoms with Crippen molar-refractivity contribution in [1.29, 1.82) is 0 Å². The van der Waals surface area contributed by atoms with Gasteiger partial charge >= 0.3 is 5.97 Å². The molecule has 1 fully saturated rings. The fourth-order valence-corrected chi connectivity index (χ4v) is 1.12. The van der Waals surface area contributed by atoms with E-state index in [-0.39, 0.29) is 12.5 Å². The van der Waals surface area contributed by atoms with E-state index in [9.17, 15) is 9.59 Å². The molecular formula is C8H13NO5. The summed E-state index contributed by atoms with van der Waals surface area (Å²) < 4.78 is 4.66. The molecule has 0 aromatic heterocycles. The summed E-state index contributed by atoms with van der Waals surface area (Å²) >= 11 is 0. The lowest BCUT2D eigenvalue weighted by molar-refractivity contribution is -0.150. The largest absolute Gasteiger partial charge is 0.461 e. The molecule has 1 saturated heterocycles. The highest BCUT2D eigenvalue weighted by Crippen LogP contribution is 2.07. The molecule has 0 spiro atoms. The maximum Gasteiger partial charge on any atom is 0.328 e. The SMILES string of the molecule is O=C1CC[C@@H](C(=O)OCC(O)CO)N1. The molecule has 0 aliphatic carbocycles. The van der Waals surface area contributed by atoms with Gasteiger partial charge in [-0.25, -0.2) is 4.79 Å². The maximum absolute atomic E-state index is 11.2. The molecule has 0 radical (unpaired) electrons. The summed E-state index contributed by atoms with van der Waals surface area (Å²) in [5.74, 6) is -0.738. The van der Waals surface area contributed by atoms with Gasteiger partial charge in [-0.3, -0.25) is 4.79 Å². The average molecular weight is 203 g/mol. The third-order valence-electron chi connectivity index (χ3n) is 1.91. The highest BCUT2D eigenvalue weighted by Gasteiger charge is 2.28. The van der Waals surface area contributed by atoms with Crippen LogP contribution < -0.4 is 5.32 Å². The number of ether oxygens (including phenoxy) is 1. The maximum atomic E-state index is 11.2. The van der Waals surface area contributed by atoms with Crippen LogP contribution in [0.2, 0.25) is 0 Å². The topological polar surface area (TPSA) is 95.9 Å². The molecule has 6 nitrogen and oxygen atoms in total. The van der Waals surface area contributed by atoms with E-state index in [2.05, 4.69) is 10.1 Å². The first-order valence-corrected chi connectivity index (χ1v) is 4.38. The lowest BCUT2D eigenvalue weighted by Gasteiger charge is -2.12. The monoisotopic (exact) mass is 203 g/mol. The number of esters is 1. The zero-order chi connectivity index (χ0) is 10.6. The lowest BCUT2D eigenvalue weighted by Crippen LogP contribution is -2.36. The highest BCUT2D eigenvalue weighted by molar-refractivity contribution is 5.88. The molecule has 0 aromatic carbocycles. The summed E-state index contributed by atoms with van der Waals surface area (Å²) in [6.07, 6.45) is -0.314. The second kappa shape index (κ2) is 4.92. The van der Waals surface area contributed by atoms with Gasteiger partial charge in [0.25, 0.3) is 0 Å². The summed E-state index contributed by atoms with van der Waals surface area (Å²) in [6, 6.07) is -0.603. The van der Waals surface area contributed by atoms with Crippen LogP contribution in [0.15, 0.2) is 0 Å². The van der Waals surface area contributed by atoms with Gasteiger partial charge in [0.05, 0.1) is 6.61 Å². The zero-order valence-electron chi connectivity index (χ0n) is 7.60. The van der Waals surface area contributed by atoms with Crippen molar-refractivity contribution < 1.29 is 24.5 Å². The third kappa shape index (κ3) is 2.97. The lowest BCUT2D eigenvalue weighted by atomic mass is 10.2. The van der Waals surface area contributed by atoms with E-state index >= 15 is 0 Å². The van der Waals surface area contributed by atoms with Crippen LogP contribution in [0.5, 0.6) is 0 Å². The summed E-state index contributed by atoms with van der Waals surface area (Å²) in [6.45, 7) is -0.702. The Morgan fingerprint density at radius 1 is 1.71 bits per heavy atom. The molecule has 2 atom stereocenters. The minimum absolute atomic E-state index is 0.172. The predicted molar refractivity (Wildman–Crippen MR) is 45.2 cm³/mol. The molecule has 6 heteroatoms. The summed E-state index contributed by atoms with van der Waals surface area (Å²) in [4.78, 5) is 21.9. The molecule has 1 heterocycles. The van der Waals surface area contributed by atoms with E-state index < -0.39 is 24.7 Å². The summed E-state index contributed by atoms with van der Waals surface area (Å²) in [7, 11) is 0. The first-order valence-electron chi connectivity index (χ1n) is 4.38.